The van der Waals surface area contributed by atoms with Crippen molar-refractivity contribution in [1.82, 2.24) is 29.4 Å². The molecule has 3 amide bonds. The van der Waals surface area contributed by atoms with Crippen molar-refractivity contribution in [3.05, 3.63) is 36.8 Å². The zero-order valence-electron chi connectivity index (χ0n) is 21.6. The molecule has 0 radical (unpaired) electrons. The highest BCUT2D eigenvalue weighted by atomic mass is 16.6. The summed E-state index contributed by atoms with van der Waals surface area (Å²) in [5.74, 6) is 0.524. The van der Waals surface area contributed by atoms with E-state index in [-0.39, 0.29) is 37.6 Å². The summed E-state index contributed by atoms with van der Waals surface area (Å²) in [5, 5.41) is 4.47. The molecule has 0 bridgehead atoms. The van der Waals surface area contributed by atoms with E-state index >= 15 is 0 Å². The Labute approximate surface area is 224 Å². The van der Waals surface area contributed by atoms with E-state index in [1.165, 1.54) is 4.90 Å². The van der Waals surface area contributed by atoms with Crippen LogP contribution < -0.4 is 15.4 Å². The third kappa shape index (κ3) is 5.16. The Kier molecular flexibility index (Phi) is 6.41. The first kappa shape index (κ1) is 24.9. The lowest BCUT2D eigenvalue weighted by atomic mass is 10.1. The number of primary amides is 1. The number of likely N-dealkylation sites (tertiary alicyclic amines) is 1. The summed E-state index contributed by atoms with van der Waals surface area (Å²) in [4.78, 5) is 50.6. The molecule has 3 fully saturated rings. The third-order valence-electron chi connectivity index (χ3n) is 7.20. The highest BCUT2D eigenvalue weighted by Crippen LogP contribution is 2.35. The lowest BCUT2D eigenvalue weighted by Crippen LogP contribution is -2.55. The van der Waals surface area contributed by atoms with Crippen molar-refractivity contribution in [1.29, 1.82) is 0 Å². The highest BCUT2D eigenvalue weighted by molar-refractivity contribution is 5.86. The summed E-state index contributed by atoms with van der Waals surface area (Å²) in [5.41, 5.74) is 7.58. The number of nitrogens with zero attached hydrogens (tertiary/aromatic N) is 7. The predicted molar refractivity (Wildman–Crippen MR) is 139 cm³/mol. The van der Waals surface area contributed by atoms with Gasteiger partial charge in [0.05, 0.1) is 31.3 Å². The van der Waals surface area contributed by atoms with Gasteiger partial charge in [0, 0.05) is 43.6 Å². The first-order valence-electron chi connectivity index (χ1n) is 13.1. The van der Waals surface area contributed by atoms with E-state index in [1.54, 1.807) is 21.8 Å². The topological polar surface area (TPSA) is 148 Å². The first-order chi connectivity index (χ1) is 18.9. The summed E-state index contributed by atoms with van der Waals surface area (Å²) in [6, 6.07) is 5.60. The van der Waals surface area contributed by atoms with Gasteiger partial charge < -0.3 is 29.9 Å². The Bertz CT molecular complexity index is 1420. The molecule has 0 spiro atoms. The van der Waals surface area contributed by atoms with Crippen LogP contribution in [0.1, 0.15) is 26.2 Å². The summed E-state index contributed by atoms with van der Waals surface area (Å²) in [6.45, 7) is 3.51. The SMILES string of the molecule is C[C@H]1CN(c2ccn3ncc(-c4cccnc4OC4CC4)c3n2)CCN1C(=O)O[C@H]1CC(=O)N(CC(N)=O)C1. The van der Waals surface area contributed by atoms with Crippen molar-refractivity contribution in [3.63, 3.8) is 0 Å². The number of pyridine rings is 1. The molecule has 1 aliphatic carbocycles. The number of hydrogen-bond donors (Lipinski definition) is 1. The fraction of sp³-hybridized carbons (Fsp3) is 0.462. The molecule has 13 heteroatoms. The molecule has 2 saturated heterocycles. The Balaban J connectivity index is 1.13. The van der Waals surface area contributed by atoms with Crippen LogP contribution in [-0.4, -0.2) is 98.3 Å². The number of hydrogen-bond acceptors (Lipinski definition) is 9. The number of piperazine rings is 1. The minimum atomic E-state index is -0.597. The Morgan fingerprint density at radius 2 is 1.97 bits per heavy atom. The van der Waals surface area contributed by atoms with Gasteiger partial charge in [-0.25, -0.2) is 19.3 Å². The minimum Gasteiger partial charge on any atom is -0.474 e. The molecule has 6 rings (SSSR count). The van der Waals surface area contributed by atoms with Crippen LogP contribution in [0.4, 0.5) is 10.6 Å². The summed E-state index contributed by atoms with van der Waals surface area (Å²) in [7, 11) is 0. The molecular weight excluding hydrogens is 504 g/mol. The van der Waals surface area contributed by atoms with Crippen molar-refractivity contribution in [2.45, 2.75) is 44.4 Å². The van der Waals surface area contributed by atoms with E-state index in [1.807, 2.05) is 31.3 Å². The number of amides is 3. The molecule has 204 valence electrons. The van der Waals surface area contributed by atoms with Crippen molar-refractivity contribution in [2.24, 2.45) is 5.73 Å². The molecule has 2 aliphatic heterocycles. The van der Waals surface area contributed by atoms with Gasteiger partial charge in [-0.2, -0.15) is 5.10 Å². The number of ether oxygens (including phenoxy) is 2. The second-order valence-corrected chi connectivity index (χ2v) is 10.2. The van der Waals surface area contributed by atoms with Crippen LogP contribution in [0.5, 0.6) is 5.88 Å². The van der Waals surface area contributed by atoms with E-state index in [4.69, 9.17) is 20.2 Å². The van der Waals surface area contributed by atoms with Crippen molar-refractivity contribution in [3.8, 4) is 17.0 Å². The average Bonchev–Trinajstić information content (AvgIpc) is 3.53. The maximum atomic E-state index is 12.9. The number of carbonyl (C=O) groups is 3. The predicted octanol–water partition coefficient (Wildman–Crippen LogP) is 1.07. The molecule has 2 N–H and O–H groups in total. The van der Waals surface area contributed by atoms with Gasteiger partial charge in [0.25, 0.3) is 0 Å². The summed E-state index contributed by atoms with van der Waals surface area (Å²) < 4.78 is 13.4. The molecule has 1 saturated carbocycles. The lowest BCUT2D eigenvalue weighted by Gasteiger charge is -2.40. The minimum absolute atomic E-state index is 0.0509. The quantitative estimate of drug-likeness (QED) is 0.470. The molecule has 0 unspecified atom stereocenters. The average molecular weight is 535 g/mol. The molecule has 0 aromatic carbocycles. The van der Waals surface area contributed by atoms with Gasteiger partial charge >= 0.3 is 6.09 Å². The Morgan fingerprint density at radius 3 is 2.74 bits per heavy atom. The van der Waals surface area contributed by atoms with E-state index in [9.17, 15) is 14.4 Å². The molecule has 3 aromatic rings. The molecule has 3 aromatic heterocycles. The first-order valence-corrected chi connectivity index (χ1v) is 13.1. The van der Waals surface area contributed by atoms with E-state index in [2.05, 4.69) is 15.0 Å². The number of anilines is 1. The van der Waals surface area contributed by atoms with Gasteiger partial charge in [0.15, 0.2) is 5.65 Å². The summed E-state index contributed by atoms with van der Waals surface area (Å²) >= 11 is 0. The van der Waals surface area contributed by atoms with Crippen LogP contribution in [-0.2, 0) is 14.3 Å². The van der Waals surface area contributed by atoms with Crippen molar-refractivity contribution < 1.29 is 23.9 Å². The van der Waals surface area contributed by atoms with Crippen LogP contribution in [0, 0.1) is 0 Å². The fourth-order valence-corrected chi connectivity index (χ4v) is 5.06. The zero-order chi connectivity index (χ0) is 27.1. The van der Waals surface area contributed by atoms with E-state index < -0.39 is 18.1 Å². The number of nitrogens with two attached hydrogens (primary N) is 1. The van der Waals surface area contributed by atoms with Crippen LogP contribution in [0.25, 0.3) is 16.8 Å². The maximum Gasteiger partial charge on any atom is 0.410 e. The smallest absolute Gasteiger partial charge is 0.410 e. The zero-order valence-corrected chi connectivity index (χ0v) is 21.6. The van der Waals surface area contributed by atoms with Crippen LogP contribution >= 0.6 is 0 Å². The van der Waals surface area contributed by atoms with Gasteiger partial charge in [0.1, 0.15) is 18.0 Å². The van der Waals surface area contributed by atoms with Crippen LogP contribution in [0.3, 0.4) is 0 Å². The highest BCUT2D eigenvalue weighted by Gasteiger charge is 2.36. The summed E-state index contributed by atoms with van der Waals surface area (Å²) in [6.07, 6.45) is 6.65. The second kappa shape index (κ2) is 10.0. The van der Waals surface area contributed by atoms with E-state index in [0.29, 0.717) is 31.2 Å². The Morgan fingerprint density at radius 1 is 1.13 bits per heavy atom. The number of carbonyl (C=O) groups excluding carboxylic acids is 3. The monoisotopic (exact) mass is 534 g/mol. The molecule has 39 heavy (non-hydrogen) atoms. The number of aromatic nitrogens is 4. The van der Waals surface area contributed by atoms with Gasteiger partial charge in [-0.1, -0.05) is 0 Å². The molecular formula is C26H30N8O5. The molecule has 2 atom stereocenters. The van der Waals surface area contributed by atoms with E-state index in [0.717, 1.165) is 29.8 Å². The second-order valence-electron chi connectivity index (χ2n) is 10.2. The lowest BCUT2D eigenvalue weighted by molar-refractivity contribution is -0.132. The van der Waals surface area contributed by atoms with Crippen LogP contribution in [0.15, 0.2) is 36.8 Å². The standard InChI is InChI=1S/C26H30N8O5/c1-16-13-31(9-10-33(16)26(37)39-18-11-23(36)32(14-18)15-21(27)35)22-6-8-34-24(30-22)20(12-29-34)19-3-2-7-28-25(19)38-17-4-5-17/h2-3,6-8,12,16-18H,4-5,9-11,13-15H2,1H3,(H2,27,35)/t16-,18-/m0/s1. The fourth-order valence-electron chi connectivity index (χ4n) is 5.06. The van der Waals surface area contributed by atoms with Gasteiger partial charge in [0.2, 0.25) is 17.7 Å². The molecule has 5 heterocycles. The normalized spacial score (nSPS) is 21.5. The molecule has 3 aliphatic rings. The molecule has 13 nitrogen and oxygen atoms in total. The van der Waals surface area contributed by atoms with Crippen molar-refractivity contribution in [2.75, 3.05) is 37.6 Å². The number of rotatable bonds is 7. The largest absolute Gasteiger partial charge is 0.474 e. The van der Waals surface area contributed by atoms with Crippen LogP contribution in [0.2, 0.25) is 0 Å². The van der Waals surface area contributed by atoms with Gasteiger partial charge in [-0.15, -0.1) is 0 Å². The van der Waals surface area contributed by atoms with Crippen molar-refractivity contribution >= 4 is 29.4 Å². The number of fused-ring (bicyclic) bond motifs is 1. The Hall–Kier alpha value is -4.42. The maximum absolute atomic E-state index is 12.9. The van der Waals surface area contributed by atoms with Gasteiger partial charge in [-0.05, 0) is 38.0 Å². The third-order valence-corrected chi connectivity index (χ3v) is 7.20. The van der Waals surface area contributed by atoms with Gasteiger partial charge in [-0.3, -0.25) is 9.59 Å².